The molecule has 0 fully saturated rings. The molecular weight excluding hydrogens is 333 g/mol. The summed E-state index contributed by atoms with van der Waals surface area (Å²) in [4.78, 5) is 0. The van der Waals surface area contributed by atoms with Crippen LogP contribution in [0, 0.1) is 0 Å². The van der Waals surface area contributed by atoms with Crippen LogP contribution in [0.3, 0.4) is 0 Å². The first kappa shape index (κ1) is 20.1. The number of benzene rings is 1. The quantitative estimate of drug-likeness (QED) is 0.640. The van der Waals surface area contributed by atoms with Crippen molar-refractivity contribution in [1.29, 1.82) is 0 Å². The van der Waals surface area contributed by atoms with Crippen LogP contribution < -0.4 is 10.2 Å². The first-order chi connectivity index (χ1) is 8.84. The summed E-state index contributed by atoms with van der Waals surface area (Å²) in [5, 5.41) is 0. The van der Waals surface area contributed by atoms with E-state index >= 15 is 0 Å². The molecule has 0 aliphatic heterocycles. The van der Waals surface area contributed by atoms with Crippen molar-refractivity contribution in [3.05, 3.63) is 29.8 Å². The van der Waals surface area contributed by atoms with Gasteiger partial charge in [0, 0.05) is 0 Å². The molecule has 0 aromatic heterocycles. The summed E-state index contributed by atoms with van der Waals surface area (Å²) in [6.45, 7) is 5.76. The summed E-state index contributed by atoms with van der Waals surface area (Å²) >= 11 is 0. The monoisotopic (exact) mass is 349 g/mol. The molecule has 1 atom stereocenters. The van der Waals surface area contributed by atoms with E-state index in [1.807, 2.05) is 19.6 Å². The third kappa shape index (κ3) is 5.12. The van der Waals surface area contributed by atoms with E-state index in [4.69, 9.17) is 10.2 Å². The summed E-state index contributed by atoms with van der Waals surface area (Å²) in [6, 6.07) is 2.50. The lowest BCUT2D eigenvalue weighted by Gasteiger charge is -2.26. The van der Waals surface area contributed by atoms with E-state index < -0.39 is 26.5 Å². The molecule has 1 aromatic carbocycles. The second kappa shape index (κ2) is 6.49. The molecule has 0 amide bonds. The van der Waals surface area contributed by atoms with Crippen LogP contribution in [0.1, 0.15) is 11.6 Å². The zero-order valence-electron chi connectivity index (χ0n) is 11.7. The second-order valence-corrected chi connectivity index (χ2v) is 9.81. The maximum absolute atomic E-state index is 13.1. The molecule has 0 bridgehead atoms. The highest BCUT2D eigenvalue weighted by molar-refractivity contribution is 6.70. The number of rotatable bonds is 4. The molecule has 9 heteroatoms. The largest absolute Gasteiger partial charge is 0.544 e. The van der Waals surface area contributed by atoms with Gasteiger partial charge in [-0.25, -0.2) is 0 Å². The van der Waals surface area contributed by atoms with Crippen molar-refractivity contribution in [1.82, 2.24) is 0 Å². The van der Waals surface area contributed by atoms with Crippen LogP contribution in [0.15, 0.2) is 24.3 Å². The van der Waals surface area contributed by atoms with Gasteiger partial charge in [0.25, 0.3) is 0 Å². The molecule has 0 heterocycles. The van der Waals surface area contributed by atoms with E-state index in [9.17, 15) is 22.0 Å². The Morgan fingerprint density at radius 3 is 1.76 bits per heavy atom. The third-order valence-corrected chi connectivity index (χ3v) is 3.28. The second-order valence-electron chi connectivity index (χ2n) is 5.38. The fourth-order valence-electron chi connectivity index (χ4n) is 1.48. The summed E-state index contributed by atoms with van der Waals surface area (Å²) in [5.41, 5.74) is 4.74. The van der Waals surface area contributed by atoms with Gasteiger partial charge in [-0.1, -0.05) is 12.1 Å². The maximum atomic E-state index is 13.1. The summed E-state index contributed by atoms with van der Waals surface area (Å²) in [7, 11) is -1.87. The van der Waals surface area contributed by atoms with Gasteiger partial charge in [0.1, 0.15) is 11.8 Å². The molecule has 1 aromatic rings. The van der Waals surface area contributed by atoms with Gasteiger partial charge in [0.15, 0.2) is 0 Å². The van der Waals surface area contributed by atoms with Crippen molar-refractivity contribution in [3.63, 3.8) is 0 Å². The number of hydrogen-bond acceptors (Lipinski definition) is 2. The summed E-state index contributed by atoms with van der Waals surface area (Å²) in [6.07, 6.45) is -5.68. The molecule has 21 heavy (non-hydrogen) atoms. The Kier molecular flexibility index (Phi) is 6.23. The highest BCUT2D eigenvalue weighted by Gasteiger charge is 2.61. The van der Waals surface area contributed by atoms with Gasteiger partial charge in [-0.3, -0.25) is 0 Å². The predicted molar refractivity (Wildman–Crippen MR) is 75.6 cm³/mol. The Labute approximate surface area is 127 Å². The maximum Gasteiger partial charge on any atom is 0.455 e. The van der Waals surface area contributed by atoms with Crippen LogP contribution in [0.5, 0.6) is 5.75 Å². The molecule has 0 spiro atoms. The van der Waals surface area contributed by atoms with E-state index in [0.717, 1.165) is 12.1 Å². The molecule has 0 radical (unpaired) electrons. The fraction of sp³-hybridized carbons (Fsp3) is 0.500. The van der Waals surface area contributed by atoms with Crippen LogP contribution in [0.4, 0.5) is 22.0 Å². The van der Waals surface area contributed by atoms with Crippen molar-refractivity contribution in [2.45, 2.75) is 37.8 Å². The van der Waals surface area contributed by atoms with Gasteiger partial charge in [-0.05, 0) is 37.3 Å². The van der Waals surface area contributed by atoms with Crippen molar-refractivity contribution in [2.75, 3.05) is 0 Å². The Balaban J connectivity index is 0.00000400. The van der Waals surface area contributed by atoms with Crippen LogP contribution >= 0.6 is 12.4 Å². The first-order valence-corrected chi connectivity index (χ1v) is 9.24. The van der Waals surface area contributed by atoms with Crippen molar-refractivity contribution in [2.24, 2.45) is 5.73 Å². The van der Waals surface area contributed by atoms with Crippen LogP contribution in [0.25, 0.3) is 0 Å². The number of halogens is 6. The van der Waals surface area contributed by atoms with Gasteiger partial charge in [0.2, 0.25) is 8.32 Å². The van der Waals surface area contributed by atoms with Gasteiger partial charge < -0.3 is 10.2 Å². The lowest BCUT2D eigenvalue weighted by atomic mass is 10.0. The zero-order chi connectivity index (χ0) is 15.8. The minimum atomic E-state index is -5.68. The molecule has 122 valence electrons. The van der Waals surface area contributed by atoms with Crippen molar-refractivity contribution >= 4 is 20.7 Å². The molecule has 2 nitrogen and oxygen atoms in total. The molecular formula is C12H17ClF5NOSi. The smallest absolute Gasteiger partial charge is 0.455 e. The minimum Gasteiger partial charge on any atom is -0.544 e. The van der Waals surface area contributed by atoms with E-state index in [2.05, 4.69) is 0 Å². The number of nitrogens with two attached hydrogens (primary N) is 1. The molecule has 0 saturated heterocycles. The van der Waals surface area contributed by atoms with Crippen LogP contribution in [-0.4, -0.2) is 20.4 Å². The highest BCUT2D eigenvalue weighted by Crippen LogP contribution is 2.43. The number of alkyl halides is 5. The van der Waals surface area contributed by atoms with E-state index in [-0.39, 0.29) is 18.0 Å². The summed E-state index contributed by atoms with van der Waals surface area (Å²) < 4.78 is 68.5. The highest BCUT2D eigenvalue weighted by atomic mass is 35.5. The fourth-order valence-corrected chi connectivity index (χ4v) is 2.33. The van der Waals surface area contributed by atoms with Gasteiger partial charge in [0.05, 0.1) is 0 Å². The Hall–Kier alpha value is -0.863. The van der Waals surface area contributed by atoms with Crippen LogP contribution in [0.2, 0.25) is 19.6 Å². The van der Waals surface area contributed by atoms with E-state index in [1.165, 1.54) is 12.1 Å². The zero-order valence-corrected chi connectivity index (χ0v) is 13.5. The van der Waals surface area contributed by atoms with Gasteiger partial charge in [-0.15, -0.1) is 12.4 Å². The SMILES string of the molecule is C[Si](C)(C)Oc1ccc([C@H](N)C(F)(F)C(F)(F)F)cc1.Cl. The predicted octanol–water partition coefficient (Wildman–Crippen LogP) is 4.52. The van der Waals surface area contributed by atoms with E-state index in [0.29, 0.717) is 5.75 Å². The molecule has 0 aliphatic rings. The molecule has 1 rings (SSSR count). The normalized spacial score (nSPS) is 14.3. The average Bonchev–Trinajstić information content (AvgIpc) is 2.25. The number of hydrogen-bond donors (Lipinski definition) is 1. The van der Waals surface area contributed by atoms with Crippen molar-refractivity contribution in [3.8, 4) is 5.75 Å². The molecule has 2 N–H and O–H groups in total. The van der Waals surface area contributed by atoms with E-state index in [1.54, 1.807) is 0 Å². The molecule has 0 unspecified atom stereocenters. The van der Waals surface area contributed by atoms with Crippen molar-refractivity contribution < 1.29 is 26.4 Å². The Morgan fingerprint density at radius 1 is 1.00 bits per heavy atom. The topological polar surface area (TPSA) is 35.2 Å². The van der Waals surface area contributed by atoms with Gasteiger partial charge in [-0.2, -0.15) is 22.0 Å². The average molecular weight is 350 g/mol. The third-order valence-electron chi connectivity index (χ3n) is 2.43. The lowest BCUT2D eigenvalue weighted by molar-refractivity contribution is -0.291. The summed E-state index contributed by atoms with van der Waals surface area (Å²) in [5.74, 6) is -4.55. The van der Waals surface area contributed by atoms with Crippen LogP contribution in [-0.2, 0) is 0 Å². The standard InChI is InChI=1S/C12H16F5NOSi.ClH/c1-20(2,3)19-9-6-4-8(5-7-9)10(18)11(13,14)12(15,16)17;/h4-7,10H,18H2,1-3H3;1H/t10-;/m0./s1. The first-order valence-electron chi connectivity index (χ1n) is 5.84. The Bertz CT molecular complexity index is 458. The molecule has 0 saturated carbocycles. The molecule has 0 aliphatic carbocycles. The Morgan fingerprint density at radius 2 is 1.43 bits per heavy atom. The lowest BCUT2D eigenvalue weighted by Crippen LogP contribution is -2.45. The minimum absolute atomic E-state index is 0. The van der Waals surface area contributed by atoms with Gasteiger partial charge >= 0.3 is 12.1 Å².